The number of sulfone groups is 1. The second-order valence-electron chi connectivity index (χ2n) is 8.65. The second-order valence-corrected chi connectivity index (χ2v) is 11.3. The number of hydrogen-bond acceptors (Lipinski definition) is 6. The van der Waals surface area contributed by atoms with Crippen LogP contribution in [0.25, 0.3) is 0 Å². The van der Waals surface area contributed by atoms with Crippen LogP contribution in [0.1, 0.15) is 37.7 Å². The number of nitrogens with zero attached hydrogens (tertiary/aromatic N) is 3. The van der Waals surface area contributed by atoms with E-state index in [1.807, 2.05) is 0 Å². The van der Waals surface area contributed by atoms with Gasteiger partial charge in [-0.1, -0.05) is 11.6 Å². The Hall–Kier alpha value is -2.15. The Morgan fingerprint density at radius 2 is 1.94 bits per heavy atom. The number of carbonyl (C=O) groups is 2. The summed E-state index contributed by atoms with van der Waals surface area (Å²) in [6.07, 6.45) is 4.13. The highest BCUT2D eigenvalue weighted by Gasteiger charge is 2.40. The van der Waals surface area contributed by atoms with E-state index < -0.39 is 15.1 Å². The zero-order chi connectivity index (χ0) is 24.0. The fourth-order valence-corrected chi connectivity index (χ4v) is 6.94. The van der Waals surface area contributed by atoms with Crippen LogP contribution in [0.2, 0.25) is 5.02 Å². The van der Waals surface area contributed by atoms with Gasteiger partial charge in [-0.25, -0.2) is 8.42 Å². The summed E-state index contributed by atoms with van der Waals surface area (Å²) in [5, 5.41) is 8.45. The van der Waals surface area contributed by atoms with E-state index in [4.69, 9.17) is 21.6 Å². The summed E-state index contributed by atoms with van der Waals surface area (Å²) in [5.74, 6) is -0.126. The lowest BCUT2D eigenvalue weighted by molar-refractivity contribution is -0.139. The molecule has 2 heterocycles. The summed E-state index contributed by atoms with van der Waals surface area (Å²) in [4.78, 5) is 26.4. The molecule has 0 bridgehead atoms. The van der Waals surface area contributed by atoms with Gasteiger partial charge in [-0.3, -0.25) is 9.59 Å². The van der Waals surface area contributed by atoms with Crippen LogP contribution in [0, 0.1) is 24.2 Å². The number of ether oxygens (including phenoxy) is 1. The third kappa shape index (κ3) is 6.05. The molecule has 33 heavy (non-hydrogen) atoms. The summed E-state index contributed by atoms with van der Waals surface area (Å²) >= 11 is 5.92. The Morgan fingerprint density at radius 1 is 1.21 bits per heavy atom. The number of rotatable bonds is 4. The van der Waals surface area contributed by atoms with E-state index >= 15 is 0 Å². The van der Waals surface area contributed by atoms with Crippen LogP contribution in [-0.2, 0) is 24.2 Å². The first-order valence-corrected chi connectivity index (χ1v) is 13.2. The number of halogens is 1. The van der Waals surface area contributed by atoms with E-state index in [2.05, 4.69) is 6.07 Å². The van der Waals surface area contributed by atoms with Crippen molar-refractivity contribution in [3.05, 3.63) is 28.8 Å². The lowest BCUT2D eigenvalue weighted by atomic mass is 10.1. The maximum absolute atomic E-state index is 12.9. The lowest BCUT2D eigenvalue weighted by Gasteiger charge is -2.29. The molecular formula is C23H30ClN3O5S. The van der Waals surface area contributed by atoms with E-state index in [-0.39, 0.29) is 17.9 Å². The van der Waals surface area contributed by atoms with Gasteiger partial charge in [0.15, 0.2) is 9.84 Å². The maximum atomic E-state index is 12.9. The van der Waals surface area contributed by atoms with Gasteiger partial charge in [0.2, 0.25) is 12.3 Å². The summed E-state index contributed by atoms with van der Waals surface area (Å²) in [7, 11) is -3.44. The van der Waals surface area contributed by atoms with E-state index in [0.29, 0.717) is 61.0 Å². The predicted molar refractivity (Wildman–Crippen MR) is 123 cm³/mol. The highest BCUT2D eigenvalue weighted by molar-refractivity contribution is 7.92. The Balaban J connectivity index is 0.000000286. The average Bonchev–Trinajstić information content (AvgIpc) is 3.49. The third-order valence-corrected chi connectivity index (χ3v) is 9.13. The molecular weight excluding hydrogens is 466 g/mol. The smallest absolute Gasteiger partial charge is 0.225 e. The molecule has 10 heteroatoms. The zero-order valence-electron chi connectivity index (χ0n) is 18.8. The predicted octanol–water partition coefficient (Wildman–Crippen LogP) is 2.58. The van der Waals surface area contributed by atoms with Crippen LogP contribution in [0.4, 0.5) is 0 Å². The van der Waals surface area contributed by atoms with E-state index in [0.717, 1.165) is 25.8 Å². The number of morpholine rings is 1. The number of carbonyl (C=O) groups excluding carboxylic acids is 2. The maximum Gasteiger partial charge on any atom is 0.225 e. The molecule has 1 aliphatic carbocycles. The number of hydrogen-bond donors (Lipinski definition) is 0. The van der Waals surface area contributed by atoms with Gasteiger partial charge >= 0.3 is 0 Å². The molecule has 0 N–H and O–H groups in total. The van der Waals surface area contributed by atoms with Gasteiger partial charge < -0.3 is 14.5 Å². The number of aryl methyl sites for hydroxylation is 1. The molecule has 3 aliphatic rings. The molecule has 3 unspecified atom stereocenters. The Kier molecular flexibility index (Phi) is 8.74. The van der Waals surface area contributed by atoms with Gasteiger partial charge in [0, 0.05) is 30.6 Å². The number of amides is 2. The van der Waals surface area contributed by atoms with E-state index in [1.54, 1.807) is 34.9 Å². The van der Waals surface area contributed by atoms with Crippen molar-refractivity contribution in [3.8, 4) is 6.07 Å². The Labute approximate surface area is 200 Å². The first kappa shape index (κ1) is 25.5. The Morgan fingerprint density at radius 3 is 2.55 bits per heavy atom. The van der Waals surface area contributed by atoms with E-state index in [9.17, 15) is 18.0 Å². The zero-order valence-corrected chi connectivity index (χ0v) is 20.4. The second kappa shape index (κ2) is 11.3. The monoisotopic (exact) mass is 495 g/mol. The minimum absolute atomic E-state index is 0.0730. The van der Waals surface area contributed by atoms with Gasteiger partial charge in [-0.05, 0) is 62.8 Å². The molecule has 3 fully saturated rings. The average molecular weight is 496 g/mol. The molecule has 0 aromatic heterocycles. The van der Waals surface area contributed by atoms with Crippen LogP contribution < -0.4 is 0 Å². The molecule has 3 atom stereocenters. The minimum Gasteiger partial charge on any atom is -0.378 e. The molecule has 180 valence electrons. The van der Waals surface area contributed by atoms with Crippen molar-refractivity contribution in [3.63, 3.8) is 0 Å². The van der Waals surface area contributed by atoms with E-state index in [1.165, 1.54) is 0 Å². The highest BCUT2D eigenvalue weighted by Crippen LogP contribution is 2.36. The fraction of sp³-hybridized carbons (Fsp3) is 0.609. The van der Waals surface area contributed by atoms with Gasteiger partial charge in [-0.15, -0.1) is 0 Å². The normalized spacial score (nSPS) is 25.2. The lowest BCUT2D eigenvalue weighted by Crippen LogP contribution is -2.43. The van der Waals surface area contributed by atoms with Gasteiger partial charge in [0.25, 0.3) is 0 Å². The SMILES string of the molecule is Cc1cc(Cl)ccc1S(=O)(=O)C1CCC(C(=O)N2CCOCC2)C1.N#CC1CCCN1C=O. The standard InChI is InChI=1S/C17H22ClNO4S.C6H8N2O/c1-12-10-14(18)3-5-16(12)24(21,22)15-4-2-13(11-15)17(20)19-6-8-23-9-7-19;7-4-6-2-1-3-8(6)5-9/h3,5,10,13,15H,2,4,6-9,11H2,1H3;5-6H,1-3H2. The molecule has 1 aromatic rings. The van der Waals surface area contributed by atoms with Crippen LogP contribution in [0.5, 0.6) is 0 Å². The van der Waals surface area contributed by atoms with Crippen LogP contribution in [0.15, 0.2) is 23.1 Å². The molecule has 1 aromatic carbocycles. The van der Waals surface area contributed by atoms with Crippen molar-refractivity contribution in [1.82, 2.24) is 9.80 Å². The molecule has 2 amide bonds. The molecule has 0 spiro atoms. The first-order valence-electron chi connectivity index (χ1n) is 11.2. The molecule has 1 saturated carbocycles. The molecule has 2 aliphatic heterocycles. The number of nitriles is 1. The summed E-state index contributed by atoms with van der Waals surface area (Å²) < 4.78 is 31.1. The fourth-order valence-electron chi connectivity index (χ4n) is 4.65. The van der Waals surface area contributed by atoms with Gasteiger partial charge in [0.1, 0.15) is 6.04 Å². The number of likely N-dealkylation sites (tertiary alicyclic amines) is 1. The molecule has 4 rings (SSSR count). The first-order chi connectivity index (χ1) is 15.8. The third-order valence-electron chi connectivity index (χ3n) is 6.52. The van der Waals surface area contributed by atoms with Gasteiger partial charge in [-0.2, -0.15) is 5.26 Å². The van der Waals surface area contributed by atoms with Crippen molar-refractivity contribution >= 4 is 33.8 Å². The van der Waals surface area contributed by atoms with Crippen molar-refractivity contribution in [1.29, 1.82) is 5.26 Å². The number of benzene rings is 1. The molecule has 8 nitrogen and oxygen atoms in total. The summed E-state index contributed by atoms with van der Waals surface area (Å²) in [6, 6.07) is 6.75. The van der Waals surface area contributed by atoms with Crippen LogP contribution >= 0.6 is 11.6 Å². The minimum atomic E-state index is -3.44. The quantitative estimate of drug-likeness (QED) is 0.594. The summed E-state index contributed by atoms with van der Waals surface area (Å²) in [6.45, 7) is 4.83. The van der Waals surface area contributed by atoms with Gasteiger partial charge in [0.05, 0.1) is 29.4 Å². The van der Waals surface area contributed by atoms with Crippen molar-refractivity contribution in [2.45, 2.75) is 55.2 Å². The Bertz CT molecular complexity index is 1000. The van der Waals surface area contributed by atoms with Crippen molar-refractivity contribution in [2.24, 2.45) is 5.92 Å². The highest BCUT2D eigenvalue weighted by atomic mass is 35.5. The largest absolute Gasteiger partial charge is 0.378 e. The topological polar surface area (TPSA) is 108 Å². The van der Waals surface area contributed by atoms with Crippen LogP contribution in [0.3, 0.4) is 0 Å². The van der Waals surface area contributed by atoms with Crippen molar-refractivity contribution < 1.29 is 22.7 Å². The summed E-state index contributed by atoms with van der Waals surface area (Å²) in [5.41, 5.74) is 0.658. The van der Waals surface area contributed by atoms with Crippen LogP contribution in [-0.4, -0.2) is 74.7 Å². The van der Waals surface area contributed by atoms with Crippen molar-refractivity contribution in [2.75, 3.05) is 32.8 Å². The molecule has 2 saturated heterocycles. The molecule has 0 radical (unpaired) electrons.